The van der Waals surface area contributed by atoms with E-state index in [0.29, 0.717) is 79.0 Å². The molecule has 14 heteroatoms. The minimum absolute atomic E-state index is 0. The first-order valence-corrected chi connectivity index (χ1v) is 20.8. The van der Waals surface area contributed by atoms with E-state index in [4.69, 9.17) is 28.9 Å². The molecular formula is C41H49FN5O5PSTl-. The standard InChI is InChI=1S/C41H45FN5O5.H3P.H2S.Tl/c1-7-24-9-8-10-25-17-30(50-23-49-6)20-34(35(24)25)32-15-16-33-37(36(32)42)43-39(51-31-18-26-11-12-27(19-31)45(26)5)44-38(33)46-21-28-13-14-29(22-46)47(28)40(48)52-41(2,3)4;;;/h8-10,15-17,20,26-29,31H,11-14,18-19,21-23H2,2-6H3;1H3;1H2;/p-1/t26-,27+,28?,29?,31?;;;. The third kappa shape index (κ3) is 8.24. The zero-order chi connectivity index (χ0) is 37.0. The van der Waals surface area contributed by atoms with E-state index < -0.39 is 11.4 Å². The summed E-state index contributed by atoms with van der Waals surface area (Å²) in [6.45, 7) is 6.84. The molecule has 1 amide bonds. The molecule has 4 saturated heterocycles. The van der Waals surface area contributed by atoms with Crippen molar-refractivity contribution >= 4 is 82.7 Å². The number of fused-ring (bicyclic) bond motifs is 6. The van der Waals surface area contributed by atoms with Crippen LogP contribution in [0.3, 0.4) is 0 Å². The van der Waals surface area contributed by atoms with Crippen LogP contribution in [0.1, 0.15) is 64.9 Å². The van der Waals surface area contributed by atoms with Crippen molar-refractivity contribution in [2.75, 3.05) is 38.9 Å². The number of amides is 1. The van der Waals surface area contributed by atoms with Gasteiger partial charge in [0.05, 0.1) is 12.1 Å². The number of benzene rings is 3. The molecule has 6 atom stereocenters. The average Bonchev–Trinajstić information content (AvgIpc) is 3.49. The molecule has 0 aliphatic carbocycles. The number of carbonyl (C=O) groups is 1. The molecule has 4 unspecified atom stereocenters. The Hall–Kier alpha value is -2.96. The first-order valence-electron chi connectivity index (χ1n) is 18.6. The van der Waals surface area contributed by atoms with Gasteiger partial charge in [0.25, 0.3) is 0 Å². The molecule has 8 rings (SSSR count). The van der Waals surface area contributed by atoms with Crippen LogP contribution in [-0.2, 0) is 23.0 Å². The number of hydrogen-bond donors (Lipinski definition) is 0. The molecule has 0 saturated carbocycles. The number of halogens is 1. The fourth-order valence-corrected chi connectivity index (χ4v) is 9.53. The summed E-state index contributed by atoms with van der Waals surface area (Å²) in [5.41, 5.74) is 1.50. The van der Waals surface area contributed by atoms with Gasteiger partial charge in [0.15, 0.2) is 0 Å². The molecule has 0 radical (unpaired) electrons. The molecule has 0 spiro atoms. The fraction of sp³-hybridized carbons (Fsp3) is 0.488. The van der Waals surface area contributed by atoms with Crippen LogP contribution in [0.5, 0.6) is 11.8 Å². The van der Waals surface area contributed by atoms with Gasteiger partial charge in [-0.2, -0.15) is 9.90 Å². The normalized spacial score (nSPS) is 23.1. The number of piperazine rings is 1. The van der Waals surface area contributed by atoms with Crippen LogP contribution in [-0.4, -0.2) is 122 Å². The van der Waals surface area contributed by atoms with Crippen LogP contribution in [0.4, 0.5) is 15.0 Å². The maximum atomic E-state index is 17.4. The van der Waals surface area contributed by atoms with Crippen molar-refractivity contribution in [1.29, 1.82) is 0 Å². The summed E-state index contributed by atoms with van der Waals surface area (Å²) in [6.07, 6.45) is 5.47. The van der Waals surface area contributed by atoms with E-state index >= 15 is 4.39 Å². The number of hydrogen-bond acceptors (Lipinski definition) is 10. The molecule has 4 aliphatic rings. The predicted molar refractivity (Wildman–Crippen MR) is 223 cm³/mol. The molecule has 3 aromatic carbocycles. The molecule has 0 N–H and O–H groups in total. The van der Waals surface area contributed by atoms with Crippen molar-refractivity contribution in [3.63, 3.8) is 0 Å². The number of methoxy groups -OCH3 is 1. The van der Waals surface area contributed by atoms with Crippen molar-refractivity contribution in [2.45, 2.75) is 95.2 Å². The van der Waals surface area contributed by atoms with Crippen LogP contribution < -0.4 is 14.4 Å². The summed E-state index contributed by atoms with van der Waals surface area (Å²) >= 11 is 0.495. The zero-order valence-electron chi connectivity index (χ0n) is 32.2. The van der Waals surface area contributed by atoms with Crippen molar-refractivity contribution in [3.05, 3.63) is 53.8 Å². The van der Waals surface area contributed by atoms with E-state index in [2.05, 4.69) is 26.2 Å². The molecule has 5 heterocycles. The van der Waals surface area contributed by atoms with E-state index in [1.165, 1.54) is 0 Å². The Morgan fingerprint density at radius 1 is 0.982 bits per heavy atom. The van der Waals surface area contributed by atoms with Crippen LogP contribution >= 0.6 is 9.90 Å². The summed E-state index contributed by atoms with van der Waals surface area (Å²) in [6, 6.07) is 14.5. The molecule has 290 valence electrons. The Bertz CT molecular complexity index is 2120. The Balaban J connectivity index is 0.00000257. The monoisotopic (exact) mass is 978 g/mol. The SMILES string of the molecule is COCOc1cc(-c2ccc3c(N4CC5CCC(C4)N5C(=O)OC(C)(C)C)nc(OC4C[C@H]5CC[C@@H](C4)N5C)nc3c2F)c2c(C#[C][Tl])cccc2c1.P.[SH-]. The van der Waals surface area contributed by atoms with Crippen molar-refractivity contribution < 1.29 is 28.1 Å². The van der Waals surface area contributed by atoms with E-state index in [9.17, 15) is 4.79 Å². The second-order valence-electron chi connectivity index (χ2n) is 15.8. The van der Waals surface area contributed by atoms with Crippen LogP contribution in [0, 0.1) is 15.2 Å². The summed E-state index contributed by atoms with van der Waals surface area (Å²) in [5, 5.41) is 2.34. The predicted octanol–water partition coefficient (Wildman–Crippen LogP) is 6.43. The van der Waals surface area contributed by atoms with Gasteiger partial charge < -0.3 is 23.1 Å². The first kappa shape index (κ1) is 41.7. The van der Waals surface area contributed by atoms with Crippen molar-refractivity contribution in [1.82, 2.24) is 19.8 Å². The first-order chi connectivity index (χ1) is 25.5. The minimum atomic E-state index is -0.585. The summed E-state index contributed by atoms with van der Waals surface area (Å²) in [5.74, 6) is 4.01. The topological polar surface area (TPSA) is 89.5 Å². The average molecular weight is 978 g/mol. The van der Waals surface area contributed by atoms with Crippen LogP contribution in [0.25, 0.3) is 32.8 Å². The quantitative estimate of drug-likeness (QED) is 0.0516. The van der Waals surface area contributed by atoms with Gasteiger partial charge in [-0.3, -0.25) is 4.90 Å². The van der Waals surface area contributed by atoms with E-state index in [1.54, 1.807) is 7.11 Å². The van der Waals surface area contributed by atoms with Gasteiger partial charge in [-0.1, -0.05) is 0 Å². The van der Waals surface area contributed by atoms with Gasteiger partial charge >= 0.3 is 212 Å². The smallest absolute Gasteiger partial charge is 0.153 e. The van der Waals surface area contributed by atoms with E-state index in [1.807, 2.05) is 68.1 Å². The largest absolute Gasteiger partial charge is 0.813 e. The Morgan fingerprint density at radius 3 is 2.33 bits per heavy atom. The van der Waals surface area contributed by atoms with E-state index in [0.717, 1.165) is 54.9 Å². The number of aromatic nitrogens is 2. The maximum Gasteiger partial charge on any atom is -0.153 e. The second-order valence-corrected chi connectivity index (χ2v) is 16.9. The van der Waals surface area contributed by atoms with Crippen LogP contribution in [0.2, 0.25) is 0 Å². The third-order valence-electron chi connectivity index (χ3n) is 11.3. The number of carbonyl (C=O) groups excluding carboxylic acids is 1. The van der Waals surface area contributed by atoms with E-state index in [-0.39, 0.29) is 66.0 Å². The second kappa shape index (κ2) is 16.9. The molecular weight excluding hydrogens is 929 g/mol. The molecule has 55 heavy (non-hydrogen) atoms. The summed E-state index contributed by atoms with van der Waals surface area (Å²) < 4.78 is 44.1. The minimum Gasteiger partial charge on any atom is -0.813 e. The van der Waals surface area contributed by atoms with Crippen molar-refractivity contribution in [2.24, 2.45) is 0 Å². The number of nitrogens with zero attached hydrogens (tertiary/aromatic N) is 5. The van der Waals surface area contributed by atoms with Gasteiger partial charge in [-0.15, -0.1) is 0 Å². The van der Waals surface area contributed by atoms with Crippen molar-refractivity contribution in [3.8, 4) is 32.3 Å². The number of rotatable bonds is 7. The maximum absolute atomic E-state index is 17.4. The van der Waals surface area contributed by atoms with Gasteiger partial charge in [0.1, 0.15) is 5.60 Å². The van der Waals surface area contributed by atoms with Gasteiger partial charge in [-0.25, -0.2) is 4.79 Å². The zero-order valence-corrected chi connectivity index (χ0v) is 39.0. The summed E-state index contributed by atoms with van der Waals surface area (Å²) in [7, 11) is 3.77. The summed E-state index contributed by atoms with van der Waals surface area (Å²) in [4.78, 5) is 29.7. The number of anilines is 1. The van der Waals surface area contributed by atoms with Gasteiger partial charge in [0, 0.05) is 24.9 Å². The molecule has 4 aromatic rings. The molecule has 4 fully saturated rings. The molecule has 10 nitrogen and oxygen atoms in total. The molecule has 4 bridgehead atoms. The number of ether oxygens (including phenoxy) is 4. The third-order valence-corrected chi connectivity index (χ3v) is 11.8. The van der Waals surface area contributed by atoms with Gasteiger partial charge in [-0.05, 0) is 53.5 Å². The Morgan fingerprint density at radius 2 is 1.67 bits per heavy atom. The number of piperidine rings is 1. The van der Waals surface area contributed by atoms with Crippen LogP contribution in [0.15, 0.2) is 42.5 Å². The number of thiol groups is 1. The Kier molecular flexibility index (Phi) is 12.8. The fourth-order valence-electron chi connectivity index (χ4n) is 8.93. The molecule has 4 aliphatic heterocycles. The van der Waals surface area contributed by atoms with Gasteiger partial charge in [0.2, 0.25) is 0 Å². The molecule has 1 aromatic heterocycles. The Labute approximate surface area is 348 Å².